The highest BCUT2D eigenvalue weighted by atomic mass is 16.5. The number of allylic oxidation sites excluding steroid dienone is 9. The zero-order chi connectivity index (χ0) is 17.3. The van der Waals surface area contributed by atoms with Gasteiger partial charge in [-0.05, 0) is 56.6 Å². The SMILES string of the molecule is CCOC(=O)/C=C(C)/C=C/C=C(C)/C=C/C1=CCCCC1(C)C. The van der Waals surface area contributed by atoms with Crippen LogP contribution in [0.3, 0.4) is 0 Å². The topological polar surface area (TPSA) is 26.3 Å². The van der Waals surface area contributed by atoms with Gasteiger partial charge in [-0.25, -0.2) is 4.79 Å². The maximum atomic E-state index is 11.3. The fourth-order valence-electron chi connectivity index (χ4n) is 2.56. The first-order valence-electron chi connectivity index (χ1n) is 8.44. The van der Waals surface area contributed by atoms with Crippen molar-refractivity contribution in [3.05, 3.63) is 59.3 Å². The van der Waals surface area contributed by atoms with Crippen LogP contribution < -0.4 is 0 Å². The van der Waals surface area contributed by atoms with E-state index < -0.39 is 0 Å². The standard InChI is InChI=1S/C21H30O2/c1-6-23-20(22)16-18(3)11-9-10-17(2)13-14-19-12-7-8-15-21(19,4)5/h9-14,16H,6-8,15H2,1-5H3/b11-9+,14-13+,17-10+,18-16+. The smallest absolute Gasteiger partial charge is 0.330 e. The van der Waals surface area contributed by atoms with Crippen molar-refractivity contribution in [1.29, 1.82) is 0 Å². The van der Waals surface area contributed by atoms with Crippen LogP contribution in [0.2, 0.25) is 0 Å². The molecule has 0 atom stereocenters. The van der Waals surface area contributed by atoms with E-state index in [1.807, 2.05) is 19.1 Å². The summed E-state index contributed by atoms with van der Waals surface area (Å²) >= 11 is 0. The molecule has 0 saturated carbocycles. The minimum atomic E-state index is -0.290. The molecular weight excluding hydrogens is 284 g/mol. The van der Waals surface area contributed by atoms with E-state index >= 15 is 0 Å². The Morgan fingerprint density at radius 2 is 2.00 bits per heavy atom. The van der Waals surface area contributed by atoms with Crippen LogP contribution in [0.15, 0.2) is 59.3 Å². The highest BCUT2D eigenvalue weighted by Gasteiger charge is 2.23. The van der Waals surface area contributed by atoms with Gasteiger partial charge in [0.25, 0.3) is 0 Å². The Hall–Kier alpha value is -1.83. The van der Waals surface area contributed by atoms with E-state index in [4.69, 9.17) is 4.74 Å². The van der Waals surface area contributed by atoms with Crippen molar-refractivity contribution in [1.82, 2.24) is 0 Å². The van der Waals surface area contributed by atoms with Gasteiger partial charge in [0, 0.05) is 6.08 Å². The lowest BCUT2D eigenvalue weighted by Gasteiger charge is -2.30. The van der Waals surface area contributed by atoms with Crippen LogP contribution in [-0.2, 0) is 9.53 Å². The summed E-state index contributed by atoms with van der Waals surface area (Å²) in [5, 5.41) is 0. The first kappa shape index (κ1) is 19.2. The van der Waals surface area contributed by atoms with Crippen LogP contribution in [0.5, 0.6) is 0 Å². The summed E-state index contributed by atoms with van der Waals surface area (Å²) in [7, 11) is 0. The Bertz CT molecular complexity index is 554. The quantitative estimate of drug-likeness (QED) is 0.357. The minimum absolute atomic E-state index is 0.282. The number of carbonyl (C=O) groups is 1. The maximum Gasteiger partial charge on any atom is 0.330 e. The largest absolute Gasteiger partial charge is 0.463 e. The zero-order valence-electron chi connectivity index (χ0n) is 15.2. The van der Waals surface area contributed by atoms with Crippen LogP contribution in [0.4, 0.5) is 0 Å². The molecule has 0 saturated heterocycles. The van der Waals surface area contributed by atoms with E-state index in [9.17, 15) is 4.79 Å². The fraction of sp³-hybridized carbons (Fsp3) is 0.476. The van der Waals surface area contributed by atoms with E-state index in [1.54, 1.807) is 6.92 Å². The van der Waals surface area contributed by atoms with E-state index in [0.717, 1.165) is 5.57 Å². The first-order valence-corrected chi connectivity index (χ1v) is 8.44. The molecule has 0 amide bonds. The van der Waals surface area contributed by atoms with Gasteiger partial charge in [-0.1, -0.05) is 55.9 Å². The van der Waals surface area contributed by atoms with Gasteiger partial charge in [0.2, 0.25) is 0 Å². The molecule has 2 heteroatoms. The summed E-state index contributed by atoms with van der Waals surface area (Å²) in [6.45, 7) is 10.8. The summed E-state index contributed by atoms with van der Waals surface area (Å²) in [4.78, 5) is 11.3. The van der Waals surface area contributed by atoms with Crippen LogP contribution >= 0.6 is 0 Å². The molecule has 0 N–H and O–H groups in total. The first-order chi connectivity index (χ1) is 10.8. The molecule has 1 aliphatic rings. The predicted molar refractivity (Wildman–Crippen MR) is 98.1 cm³/mol. The number of esters is 1. The lowest BCUT2D eigenvalue weighted by molar-refractivity contribution is -0.137. The van der Waals surface area contributed by atoms with E-state index in [-0.39, 0.29) is 11.4 Å². The number of carbonyl (C=O) groups excluding carboxylic acids is 1. The number of hydrogen-bond acceptors (Lipinski definition) is 2. The highest BCUT2D eigenvalue weighted by Crippen LogP contribution is 2.37. The van der Waals surface area contributed by atoms with Gasteiger partial charge >= 0.3 is 5.97 Å². The molecule has 2 nitrogen and oxygen atoms in total. The summed E-state index contributed by atoms with van der Waals surface area (Å²) in [5.74, 6) is -0.290. The Morgan fingerprint density at radius 1 is 1.26 bits per heavy atom. The second-order valence-corrected chi connectivity index (χ2v) is 6.68. The van der Waals surface area contributed by atoms with Crippen molar-refractivity contribution in [2.75, 3.05) is 6.61 Å². The second-order valence-electron chi connectivity index (χ2n) is 6.68. The number of hydrogen-bond donors (Lipinski definition) is 0. The average Bonchev–Trinajstić information content (AvgIpc) is 2.45. The molecule has 0 unspecified atom stereocenters. The monoisotopic (exact) mass is 314 g/mol. The second kappa shape index (κ2) is 9.34. The van der Waals surface area contributed by atoms with E-state index in [2.05, 4.69) is 45.1 Å². The van der Waals surface area contributed by atoms with Gasteiger partial charge < -0.3 is 4.74 Å². The minimum Gasteiger partial charge on any atom is -0.463 e. The number of ether oxygens (including phenoxy) is 1. The van der Waals surface area contributed by atoms with Gasteiger partial charge in [-0.3, -0.25) is 0 Å². The normalized spacial score (nSPS) is 19.3. The molecule has 0 spiro atoms. The molecule has 0 fully saturated rings. The summed E-state index contributed by atoms with van der Waals surface area (Å²) in [5.41, 5.74) is 3.78. The molecule has 1 aliphatic carbocycles. The van der Waals surface area contributed by atoms with E-state index in [0.29, 0.717) is 6.61 Å². The van der Waals surface area contributed by atoms with Crippen molar-refractivity contribution >= 4 is 5.97 Å². The van der Waals surface area contributed by atoms with Crippen LogP contribution in [-0.4, -0.2) is 12.6 Å². The summed E-state index contributed by atoms with van der Waals surface area (Å²) in [6.07, 6.45) is 17.9. The molecule has 126 valence electrons. The van der Waals surface area contributed by atoms with Gasteiger partial charge in [0.05, 0.1) is 6.61 Å². The van der Waals surface area contributed by atoms with Crippen LogP contribution in [0.1, 0.15) is 53.9 Å². The van der Waals surface area contributed by atoms with E-state index in [1.165, 1.54) is 36.5 Å². The molecule has 0 radical (unpaired) electrons. The van der Waals surface area contributed by atoms with Crippen molar-refractivity contribution < 1.29 is 9.53 Å². The Balaban J connectivity index is 2.64. The third kappa shape index (κ3) is 7.32. The molecule has 1 rings (SSSR count). The van der Waals surface area contributed by atoms with Crippen molar-refractivity contribution in [3.63, 3.8) is 0 Å². The lowest BCUT2D eigenvalue weighted by atomic mass is 9.75. The fourth-order valence-corrected chi connectivity index (χ4v) is 2.56. The molecular formula is C21H30O2. The van der Waals surface area contributed by atoms with Gasteiger partial charge in [0.1, 0.15) is 0 Å². The van der Waals surface area contributed by atoms with Gasteiger partial charge in [-0.2, -0.15) is 0 Å². The number of rotatable bonds is 6. The van der Waals surface area contributed by atoms with Gasteiger partial charge in [-0.15, -0.1) is 0 Å². The third-order valence-electron chi connectivity index (χ3n) is 4.03. The molecule has 0 aromatic carbocycles. The molecule has 0 bridgehead atoms. The zero-order valence-corrected chi connectivity index (χ0v) is 15.2. The maximum absolute atomic E-state index is 11.3. The average molecular weight is 314 g/mol. The molecule has 0 aliphatic heterocycles. The molecule has 0 aromatic heterocycles. The molecule has 23 heavy (non-hydrogen) atoms. The Kier molecular flexibility index (Phi) is 7.80. The lowest BCUT2D eigenvalue weighted by Crippen LogP contribution is -2.16. The third-order valence-corrected chi connectivity index (χ3v) is 4.03. The van der Waals surface area contributed by atoms with Gasteiger partial charge in [0.15, 0.2) is 0 Å². The Morgan fingerprint density at radius 3 is 2.65 bits per heavy atom. The molecule has 0 heterocycles. The summed E-state index contributed by atoms with van der Waals surface area (Å²) in [6, 6.07) is 0. The van der Waals surface area contributed by atoms with Crippen LogP contribution in [0.25, 0.3) is 0 Å². The summed E-state index contributed by atoms with van der Waals surface area (Å²) < 4.78 is 4.88. The van der Waals surface area contributed by atoms with Crippen molar-refractivity contribution in [2.45, 2.75) is 53.9 Å². The Labute approximate surface area is 141 Å². The predicted octanol–water partition coefficient (Wildman–Crippen LogP) is 5.69. The highest BCUT2D eigenvalue weighted by molar-refractivity contribution is 5.83. The van der Waals surface area contributed by atoms with Crippen molar-refractivity contribution in [2.24, 2.45) is 5.41 Å². The molecule has 0 aromatic rings. The van der Waals surface area contributed by atoms with Crippen molar-refractivity contribution in [3.8, 4) is 0 Å². The van der Waals surface area contributed by atoms with Crippen LogP contribution in [0, 0.1) is 5.41 Å².